The quantitative estimate of drug-likeness (QED) is 0.856. The van der Waals surface area contributed by atoms with Gasteiger partial charge in [0, 0.05) is 17.6 Å². The first-order valence-corrected chi connectivity index (χ1v) is 6.87. The Bertz CT molecular complexity index is 763. The van der Waals surface area contributed by atoms with Crippen molar-refractivity contribution in [3.8, 4) is 11.5 Å². The predicted octanol–water partition coefficient (Wildman–Crippen LogP) is 3.88. The third-order valence-electron chi connectivity index (χ3n) is 3.55. The van der Waals surface area contributed by atoms with Crippen LogP contribution in [0.1, 0.15) is 21.5 Å². The Morgan fingerprint density at radius 1 is 1.29 bits per heavy atom. The molecule has 2 aromatic carbocycles. The maximum Gasteiger partial charge on any atom is 0.189 e. The zero-order valence-electron chi connectivity index (χ0n) is 11.4. The number of fused-ring (bicyclic) bond motifs is 1. The van der Waals surface area contributed by atoms with Gasteiger partial charge >= 0.3 is 0 Å². The molecule has 0 atom stereocenters. The molecule has 0 saturated carbocycles. The second kappa shape index (κ2) is 5.26. The number of allylic oxidation sites excluding steroid dienone is 1. The molecule has 3 nitrogen and oxygen atoms in total. The van der Waals surface area contributed by atoms with Crippen molar-refractivity contribution in [1.29, 1.82) is 0 Å². The van der Waals surface area contributed by atoms with E-state index in [-0.39, 0.29) is 22.3 Å². The maximum absolute atomic E-state index is 12.3. The number of ketones is 1. The smallest absolute Gasteiger partial charge is 0.189 e. The summed E-state index contributed by atoms with van der Waals surface area (Å²) in [6, 6.07) is 10.9. The molecule has 0 unspecified atom stereocenters. The van der Waals surface area contributed by atoms with E-state index in [4.69, 9.17) is 16.3 Å². The van der Waals surface area contributed by atoms with Crippen molar-refractivity contribution < 1.29 is 14.6 Å². The molecule has 0 amide bonds. The fourth-order valence-corrected chi connectivity index (χ4v) is 2.72. The second-order valence-corrected chi connectivity index (χ2v) is 5.29. The van der Waals surface area contributed by atoms with Crippen molar-refractivity contribution in [3.05, 3.63) is 63.7 Å². The fourth-order valence-electron chi connectivity index (χ4n) is 2.50. The summed E-state index contributed by atoms with van der Waals surface area (Å²) < 4.78 is 5.07. The van der Waals surface area contributed by atoms with E-state index in [1.54, 1.807) is 18.2 Å². The summed E-state index contributed by atoms with van der Waals surface area (Å²) in [7, 11) is 1.46. The van der Waals surface area contributed by atoms with Crippen molar-refractivity contribution in [3.63, 3.8) is 0 Å². The van der Waals surface area contributed by atoms with Gasteiger partial charge in [-0.15, -0.1) is 0 Å². The molecule has 1 N–H and O–H groups in total. The highest BCUT2D eigenvalue weighted by Gasteiger charge is 2.24. The molecule has 1 aliphatic rings. The molecule has 0 aromatic heterocycles. The average molecular weight is 301 g/mol. The van der Waals surface area contributed by atoms with E-state index in [0.717, 1.165) is 16.7 Å². The second-order valence-electron chi connectivity index (χ2n) is 4.89. The third kappa shape index (κ3) is 2.41. The van der Waals surface area contributed by atoms with E-state index in [1.807, 2.05) is 24.3 Å². The number of phenolic OH excluding ortho intramolecular Hbond substituents is 1. The lowest BCUT2D eigenvalue weighted by molar-refractivity contribution is 0.104. The zero-order valence-corrected chi connectivity index (χ0v) is 12.1. The van der Waals surface area contributed by atoms with E-state index in [9.17, 15) is 9.90 Å². The van der Waals surface area contributed by atoms with Crippen LogP contribution in [0.5, 0.6) is 11.5 Å². The van der Waals surface area contributed by atoms with Gasteiger partial charge < -0.3 is 9.84 Å². The molecule has 1 aliphatic carbocycles. The van der Waals surface area contributed by atoms with Gasteiger partial charge in [0.25, 0.3) is 0 Å². The highest BCUT2D eigenvalue weighted by Crippen LogP contribution is 2.36. The Labute approximate surface area is 127 Å². The van der Waals surface area contributed by atoms with Crippen LogP contribution in [-0.4, -0.2) is 18.0 Å². The van der Waals surface area contributed by atoms with Gasteiger partial charge in [-0.2, -0.15) is 0 Å². The first-order chi connectivity index (χ1) is 10.1. The Hall–Kier alpha value is -2.26. The number of benzene rings is 2. The van der Waals surface area contributed by atoms with Crippen LogP contribution in [0.15, 0.2) is 42.0 Å². The normalized spacial score (nSPS) is 15.3. The predicted molar refractivity (Wildman–Crippen MR) is 82.1 cm³/mol. The molecule has 0 aliphatic heterocycles. The molecule has 2 aromatic rings. The number of hydrogen-bond acceptors (Lipinski definition) is 3. The number of halogens is 1. The SMILES string of the molecule is COc1cc(/C=C2\Cc3ccccc3C2=O)cc(Cl)c1O. The largest absolute Gasteiger partial charge is 0.503 e. The monoisotopic (exact) mass is 300 g/mol. The number of hydrogen-bond donors (Lipinski definition) is 1. The van der Waals surface area contributed by atoms with Gasteiger partial charge in [-0.05, 0) is 29.3 Å². The van der Waals surface area contributed by atoms with Crippen LogP contribution in [0.2, 0.25) is 5.02 Å². The lowest BCUT2D eigenvalue weighted by Gasteiger charge is -2.06. The standard InChI is InChI=1S/C17H13ClO3/c1-21-15-8-10(7-14(18)17(15)20)6-12-9-11-4-2-3-5-13(11)16(12)19/h2-8,20H,9H2,1H3/b12-6+. The van der Waals surface area contributed by atoms with Gasteiger partial charge in [-0.3, -0.25) is 4.79 Å². The van der Waals surface area contributed by atoms with Gasteiger partial charge in [-0.1, -0.05) is 35.9 Å². The van der Waals surface area contributed by atoms with Crippen LogP contribution in [0.3, 0.4) is 0 Å². The van der Waals surface area contributed by atoms with E-state index in [0.29, 0.717) is 12.0 Å². The number of rotatable bonds is 2. The summed E-state index contributed by atoms with van der Waals surface area (Å²) in [5.41, 5.74) is 3.22. The first kappa shape index (κ1) is 13.7. The van der Waals surface area contributed by atoms with Gasteiger partial charge in [0.1, 0.15) is 0 Å². The Morgan fingerprint density at radius 3 is 2.76 bits per heavy atom. The molecule has 21 heavy (non-hydrogen) atoms. The third-order valence-corrected chi connectivity index (χ3v) is 3.83. The summed E-state index contributed by atoms with van der Waals surface area (Å²) in [5, 5.41) is 9.93. The topological polar surface area (TPSA) is 46.5 Å². The Balaban J connectivity index is 2.01. The molecule has 0 spiro atoms. The minimum Gasteiger partial charge on any atom is -0.503 e. The van der Waals surface area contributed by atoms with Crippen molar-refractivity contribution in [2.75, 3.05) is 7.11 Å². The molecule has 106 valence electrons. The highest BCUT2D eigenvalue weighted by molar-refractivity contribution is 6.32. The van der Waals surface area contributed by atoms with Gasteiger partial charge in [-0.25, -0.2) is 0 Å². The number of carbonyl (C=O) groups excluding carboxylic acids is 1. The lowest BCUT2D eigenvalue weighted by atomic mass is 10.1. The van der Waals surface area contributed by atoms with Crippen molar-refractivity contribution in [1.82, 2.24) is 0 Å². The highest BCUT2D eigenvalue weighted by atomic mass is 35.5. The minimum atomic E-state index is -0.0950. The average Bonchev–Trinajstić information content (AvgIpc) is 2.79. The first-order valence-electron chi connectivity index (χ1n) is 6.50. The summed E-state index contributed by atoms with van der Waals surface area (Å²) in [4.78, 5) is 12.3. The van der Waals surface area contributed by atoms with E-state index >= 15 is 0 Å². The minimum absolute atomic E-state index is 0.0359. The summed E-state index contributed by atoms with van der Waals surface area (Å²) >= 11 is 5.96. The van der Waals surface area contributed by atoms with E-state index in [2.05, 4.69) is 0 Å². The summed E-state index contributed by atoms with van der Waals surface area (Å²) in [6.07, 6.45) is 2.39. The zero-order chi connectivity index (χ0) is 15.0. The number of methoxy groups -OCH3 is 1. The molecule has 3 rings (SSSR count). The molecular formula is C17H13ClO3. The van der Waals surface area contributed by atoms with Crippen molar-refractivity contribution >= 4 is 23.5 Å². The Kier molecular flexibility index (Phi) is 3.43. The molecule has 0 saturated heterocycles. The van der Waals surface area contributed by atoms with Gasteiger partial charge in [0.15, 0.2) is 17.3 Å². The van der Waals surface area contributed by atoms with Gasteiger partial charge in [0.05, 0.1) is 12.1 Å². The van der Waals surface area contributed by atoms with Crippen LogP contribution in [0, 0.1) is 0 Å². The molecule has 0 bridgehead atoms. The summed E-state index contributed by atoms with van der Waals surface area (Å²) in [5.74, 6) is 0.230. The molecule has 0 radical (unpaired) electrons. The number of carbonyl (C=O) groups is 1. The summed E-state index contributed by atoms with van der Waals surface area (Å²) in [6.45, 7) is 0. The van der Waals surface area contributed by atoms with E-state index < -0.39 is 0 Å². The van der Waals surface area contributed by atoms with Gasteiger partial charge in [0.2, 0.25) is 0 Å². The molecule has 4 heteroatoms. The van der Waals surface area contributed by atoms with Crippen LogP contribution < -0.4 is 4.74 Å². The Morgan fingerprint density at radius 2 is 2.05 bits per heavy atom. The van der Waals surface area contributed by atoms with Crippen LogP contribution in [0.4, 0.5) is 0 Å². The van der Waals surface area contributed by atoms with Crippen molar-refractivity contribution in [2.45, 2.75) is 6.42 Å². The van der Waals surface area contributed by atoms with Crippen LogP contribution >= 0.6 is 11.6 Å². The van der Waals surface area contributed by atoms with Crippen LogP contribution in [0.25, 0.3) is 6.08 Å². The number of Topliss-reactive ketones (excluding diaryl/α,β-unsaturated/α-hetero) is 1. The van der Waals surface area contributed by atoms with Crippen molar-refractivity contribution in [2.24, 2.45) is 0 Å². The molecule has 0 heterocycles. The number of ether oxygens (including phenoxy) is 1. The van der Waals surface area contributed by atoms with Crippen LogP contribution in [-0.2, 0) is 6.42 Å². The maximum atomic E-state index is 12.3. The fraction of sp³-hybridized carbons (Fsp3) is 0.118. The number of phenols is 1. The lowest BCUT2D eigenvalue weighted by Crippen LogP contribution is -1.95. The van der Waals surface area contributed by atoms with E-state index in [1.165, 1.54) is 7.11 Å². The molecular weight excluding hydrogens is 288 g/mol. The molecule has 0 fully saturated rings. The number of aromatic hydroxyl groups is 1.